The zero-order valence-electron chi connectivity index (χ0n) is 18.9. The maximum Gasteiger partial charge on any atom is 0.418 e. The van der Waals surface area contributed by atoms with Crippen LogP contribution in [0.25, 0.3) is 21.9 Å². The van der Waals surface area contributed by atoms with Crippen LogP contribution in [-0.4, -0.2) is 45.5 Å². The maximum atomic E-state index is 13.6. The molecule has 3 heterocycles. The molecule has 1 amide bonds. The van der Waals surface area contributed by atoms with Gasteiger partial charge in [-0.2, -0.15) is 13.2 Å². The predicted molar refractivity (Wildman–Crippen MR) is 124 cm³/mol. The van der Waals surface area contributed by atoms with Gasteiger partial charge in [0.1, 0.15) is 0 Å². The van der Waals surface area contributed by atoms with Gasteiger partial charge in [0.15, 0.2) is 0 Å². The molecule has 1 N–H and O–H groups in total. The molecule has 0 unspecified atom stereocenters. The Labute approximate surface area is 198 Å². The molecule has 7 nitrogen and oxygen atoms in total. The van der Waals surface area contributed by atoms with Crippen LogP contribution < -0.4 is 10.4 Å². The smallest absolute Gasteiger partial charge is 0.418 e. The first-order chi connectivity index (χ1) is 16.7. The number of fused-ring (bicyclic) bond motifs is 2. The van der Waals surface area contributed by atoms with Gasteiger partial charge in [0.25, 0.3) is 0 Å². The Balaban J connectivity index is 1.31. The van der Waals surface area contributed by atoms with Crippen molar-refractivity contribution in [2.24, 2.45) is 0 Å². The lowest BCUT2D eigenvalue weighted by Crippen LogP contribution is -2.41. The Bertz CT molecular complexity index is 1470. The molecule has 5 rings (SSSR count). The molecule has 1 aliphatic heterocycles. The van der Waals surface area contributed by atoms with Gasteiger partial charge in [-0.3, -0.25) is 9.36 Å². The summed E-state index contributed by atoms with van der Waals surface area (Å²) in [5, 5.41) is 0.897. The zero-order chi connectivity index (χ0) is 24.7. The molecule has 0 spiro atoms. The number of piperidine rings is 1. The zero-order valence-corrected chi connectivity index (χ0v) is 18.9. The van der Waals surface area contributed by atoms with Gasteiger partial charge in [0.2, 0.25) is 11.8 Å². The Morgan fingerprint density at radius 2 is 1.91 bits per heavy atom. The fourth-order valence-corrected chi connectivity index (χ4v) is 4.80. The number of carbonyl (C=O) groups is 1. The number of carbonyl (C=O) groups excluding carboxylic acids is 1. The number of imidazole rings is 1. The molecule has 0 radical (unpaired) electrons. The van der Waals surface area contributed by atoms with Crippen molar-refractivity contribution in [3.8, 4) is 5.88 Å². The lowest BCUT2D eigenvalue weighted by Gasteiger charge is -2.33. The molecule has 1 saturated heterocycles. The number of amides is 1. The number of likely N-dealkylation sites (tertiary alicyclic amines) is 1. The molecular weight excluding hydrogens is 461 g/mol. The molecule has 182 valence electrons. The minimum absolute atomic E-state index is 0.0634. The summed E-state index contributed by atoms with van der Waals surface area (Å²) in [5.41, 5.74) is 0.240. The summed E-state index contributed by atoms with van der Waals surface area (Å²) in [6.45, 7) is 0.728. The molecular formula is C25H23F3N4O3. The van der Waals surface area contributed by atoms with E-state index in [1.807, 2.05) is 24.3 Å². The Hall–Kier alpha value is -3.82. The van der Waals surface area contributed by atoms with Crippen LogP contribution in [0.3, 0.4) is 0 Å². The molecule has 10 heteroatoms. The van der Waals surface area contributed by atoms with E-state index in [1.165, 1.54) is 16.7 Å². The quantitative estimate of drug-likeness (QED) is 0.468. The lowest BCUT2D eigenvalue weighted by atomic mass is 10.0. The van der Waals surface area contributed by atoms with Crippen molar-refractivity contribution in [3.05, 3.63) is 70.1 Å². The van der Waals surface area contributed by atoms with Gasteiger partial charge in [0, 0.05) is 30.6 Å². The summed E-state index contributed by atoms with van der Waals surface area (Å²) in [6, 6.07) is 12.6. The fourth-order valence-electron chi connectivity index (χ4n) is 4.80. The number of hydrogen-bond donors (Lipinski definition) is 1. The minimum atomic E-state index is -4.58. The largest absolute Gasteiger partial charge is 0.481 e. The molecule has 2 aromatic heterocycles. The SMILES string of the molecule is COc1ccc2cc(CC(=O)N3CCC(n4c(=O)[nH]c5cccc(C(F)(F)F)c54)CC3)ccc2n1. The van der Waals surface area contributed by atoms with Crippen LogP contribution in [0, 0.1) is 0 Å². The first kappa shape index (κ1) is 22.9. The van der Waals surface area contributed by atoms with Crippen molar-refractivity contribution in [1.82, 2.24) is 19.4 Å². The van der Waals surface area contributed by atoms with Crippen molar-refractivity contribution < 1.29 is 22.7 Å². The average molecular weight is 484 g/mol. The topological polar surface area (TPSA) is 80.2 Å². The molecule has 2 aromatic carbocycles. The number of alkyl halides is 3. The molecule has 4 aromatic rings. The molecule has 0 aliphatic carbocycles. The number of benzene rings is 2. The highest BCUT2D eigenvalue weighted by molar-refractivity contribution is 5.84. The number of pyridine rings is 1. The Kier molecular flexibility index (Phi) is 5.74. The average Bonchev–Trinajstić information content (AvgIpc) is 3.18. The van der Waals surface area contributed by atoms with E-state index in [9.17, 15) is 22.8 Å². The van der Waals surface area contributed by atoms with Gasteiger partial charge in [-0.15, -0.1) is 0 Å². The van der Waals surface area contributed by atoms with Crippen LogP contribution in [0.15, 0.2) is 53.3 Å². The van der Waals surface area contributed by atoms with Gasteiger partial charge in [-0.05, 0) is 48.7 Å². The van der Waals surface area contributed by atoms with E-state index < -0.39 is 23.5 Å². The summed E-state index contributed by atoms with van der Waals surface area (Å²) in [5.74, 6) is 0.451. The number of nitrogens with one attached hydrogen (secondary N) is 1. The number of aromatic amines is 1. The molecule has 35 heavy (non-hydrogen) atoms. The first-order valence-electron chi connectivity index (χ1n) is 11.3. The van der Waals surface area contributed by atoms with E-state index in [0.717, 1.165) is 22.5 Å². The third-order valence-corrected chi connectivity index (χ3v) is 6.52. The van der Waals surface area contributed by atoms with Gasteiger partial charge < -0.3 is 14.6 Å². The number of hydrogen-bond acceptors (Lipinski definition) is 4. The Morgan fingerprint density at radius 3 is 2.63 bits per heavy atom. The van der Waals surface area contributed by atoms with Crippen LogP contribution in [0.2, 0.25) is 0 Å². The second-order valence-corrected chi connectivity index (χ2v) is 8.67. The first-order valence-corrected chi connectivity index (χ1v) is 11.3. The van der Waals surface area contributed by atoms with Crippen LogP contribution >= 0.6 is 0 Å². The van der Waals surface area contributed by atoms with E-state index in [0.29, 0.717) is 31.8 Å². The van der Waals surface area contributed by atoms with E-state index in [-0.39, 0.29) is 23.4 Å². The number of rotatable bonds is 4. The summed E-state index contributed by atoms with van der Waals surface area (Å²) < 4.78 is 47.1. The van der Waals surface area contributed by atoms with E-state index >= 15 is 0 Å². The van der Waals surface area contributed by atoms with E-state index in [4.69, 9.17) is 4.74 Å². The molecule has 0 bridgehead atoms. The van der Waals surface area contributed by atoms with Crippen LogP contribution in [0.4, 0.5) is 13.2 Å². The Morgan fingerprint density at radius 1 is 1.14 bits per heavy atom. The van der Waals surface area contributed by atoms with Crippen molar-refractivity contribution in [1.29, 1.82) is 0 Å². The molecule has 1 aliphatic rings. The highest BCUT2D eigenvalue weighted by atomic mass is 19.4. The van der Waals surface area contributed by atoms with Crippen LogP contribution in [-0.2, 0) is 17.4 Å². The van der Waals surface area contributed by atoms with E-state index in [2.05, 4.69) is 9.97 Å². The number of para-hydroxylation sites is 1. The number of H-pyrrole nitrogens is 1. The van der Waals surface area contributed by atoms with Crippen molar-refractivity contribution >= 4 is 27.8 Å². The molecule has 1 fully saturated rings. The summed E-state index contributed by atoms with van der Waals surface area (Å²) in [6.07, 6.45) is -3.58. The van der Waals surface area contributed by atoms with Crippen molar-refractivity contribution in [2.45, 2.75) is 31.5 Å². The van der Waals surface area contributed by atoms with Gasteiger partial charge in [-0.1, -0.05) is 12.1 Å². The monoisotopic (exact) mass is 484 g/mol. The molecule has 0 saturated carbocycles. The summed E-state index contributed by atoms with van der Waals surface area (Å²) in [4.78, 5) is 34.1. The summed E-state index contributed by atoms with van der Waals surface area (Å²) >= 11 is 0. The fraction of sp³-hybridized carbons (Fsp3) is 0.320. The molecule has 0 atom stereocenters. The minimum Gasteiger partial charge on any atom is -0.481 e. The maximum absolute atomic E-state index is 13.6. The second-order valence-electron chi connectivity index (χ2n) is 8.67. The van der Waals surface area contributed by atoms with Crippen molar-refractivity contribution in [3.63, 3.8) is 0 Å². The number of nitrogens with zero attached hydrogens (tertiary/aromatic N) is 3. The predicted octanol–water partition coefficient (Wildman–Crippen LogP) is 4.31. The highest BCUT2D eigenvalue weighted by Gasteiger charge is 2.36. The van der Waals surface area contributed by atoms with Gasteiger partial charge in [0.05, 0.1) is 35.6 Å². The normalized spacial score (nSPS) is 15.1. The van der Waals surface area contributed by atoms with Crippen LogP contribution in [0.5, 0.6) is 5.88 Å². The third kappa shape index (κ3) is 4.36. The van der Waals surface area contributed by atoms with E-state index in [1.54, 1.807) is 18.1 Å². The van der Waals surface area contributed by atoms with Gasteiger partial charge in [-0.25, -0.2) is 9.78 Å². The number of ether oxygens (including phenoxy) is 1. The highest BCUT2D eigenvalue weighted by Crippen LogP contribution is 2.36. The summed E-state index contributed by atoms with van der Waals surface area (Å²) in [7, 11) is 1.55. The standard InChI is InChI=1S/C25H23F3N4O3/c1-35-21-8-6-16-13-15(5-7-19(16)29-21)14-22(33)31-11-9-17(10-12-31)32-23-18(25(26,27)28)3-2-4-20(23)30-24(32)34/h2-8,13,17H,9-12,14H2,1H3,(H,30,34). The third-order valence-electron chi connectivity index (χ3n) is 6.52. The number of methoxy groups -OCH3 is 1. The second kappa shape index (κ2) is 8.75. The van der Waals surface area contributed by atoms with Crippen LogP contribution in [0.1, 0.15) is 30.0 Å². The van der Waals surface area contributed by atoms with Crippen molar-refractivity contribution in [2.75, 3.05) is 20.2 Å². The van der Waals surface area contributed by atoms with Gasteiger partial charge >= 0.3 is 11.9 Å². The number of halogens is 3. The lowest BCUT2D eigenvalue weighted by molar-refractivity contribution is -0.136. The number of aromatic nitrogens is 3.